The van der Waals surface area contributed by atoms with Crippen LogP contribution >= 0.6 is 0 Å². The number of benzene rings is 2. The molecular weight excluding hydrogens is 340 g/mol. The van der Waals surface area contributed by atoms with E-state index in [1.807, 2.05) is 18.2 Å². The van der Waals surface area contributed by atoms with E-state index < -0.39 is 0 Å². The van der Waals surface area contributed by atoms with Gasteiger partial charge in [0.15, 0.2) is 0 Å². The Bertz CT molecular complexity index is 756. The largest absolute Gasteiger partial charge is 0.489 e. The molecule has 0 spiro atoms. The van der Waals surface area contributed by atoms with Crippen molar-refractivity contribution in [1.82, 2.24) is 4.90 Å². The fourth-order valence-electron chi connectivity index (χ4n) is 3.51. The van der Waals surface area contributed by atoms with Gasteiger partial charge < -0.3 is 20.1 Å². The second-order valence-electron chi connectivity index (χ2n) is 6.99. The van der Waals surface area contributed by atoms with Crippen LogP contribution in [0.2, 0.25) is 0 Å². The van der Waals surface area contributed by atoms with Crippen LogP contribution in [-0.4, -0.2) is 56.3 Å². The smallest absolute Gasteiger partial charge is 0.282 e. The van der Waals surface area contributed by atoms with Crippen LogP contribution in [0.1, 0.15) is 5.56 Å². The fourth-order valence-corrected chi connectivity index (χ4v) is 3.51. The monoisotopic (exact) mass is 366 g/mol. The molecule has 2 aromatic carbocycles. The number of hydrogen-bond donors (Lipinski definition) is 1. The lowest BCUT2D eigenvalue weighted by Gasteiger charge is -2.36. The maximum absolute atomic E-state index is 5.87. The van der Waals surface area contributed by atoms with Crippen molar-refractivity contribution in [3.63, 3.8) is 0 Å². The Morgan fingerprint density at radius 2 is 1.74 bits per heavy atom. The van der Waals surface area contributed by atoms with Crippen LogP contribution in [0.5, 0.6) is 5.75 Å². The SMILES string of the molecule is NC1=NC(CN2CCN(c3ccc(OCc4ccccc4)cc3)CC2)CO1. The number of nitrogens with zero attached hydrogens (tertiary/aromatic N) is 3. The third-order valence-corrected chi connectivity index (χ3v) is 5.02. The maximum Gasteiger partial charge on any atom is 0.282 e. The van der Waals surface area contributed by atoms with Gasteiger partial charge in [0.1, 0.15) is 25.0 Å². The number of rotatable bonds is 6. The highest BCUT2D eigenvalue weighted by Crippen LogP contribution is 2.22. The van der Waals surface area contributed by atoms with E-state index in [0.29, 0.717) is 19.2 Å². The summed E-state index contributed by atoms with van der Waals surface area (Å²) >= 11 is 0. The van der Waals surface area contributed by atoms with Gasteiger partial charge in [0.2, 0.25) is 0 Å². The molecule has 0 aromatic heterocycles. The van der Waals surface area contributed by atoms with E-state index in [9.17, 15) is 0 Å². The number of piperazine rings is 1. The molecule has 1 unspecified atom stereocenters. The van der Waals surface area contributed by atoms with Crippen molar-refractivity contribution in [3.05, 3.63) is 60.2 Å². The van der Waals surface area contributed by atoms with Gasteiger partial charge in [-0.25, -0.2) is 4.99 Å². The van der Waals surface area contributed by atoms with Gasteiger partial charge in [-0.15, -0.1) is 0 Å². The lowest BCUT2D eigenvalue weighted by Crippen LogP contribution is -2.48. The topological polar surface area (TPSA) is 63.3 Å². The van der Waals surface area contributed by atoms with Gasteiger partial charge in [0.05, 0.1) is 0 Å². The summed E-state index contributed by atoms with van der Waals surface area (Å²) in [4.78, 5) is 9.16. The first-order chi connectivity index (χ1) is 13.3. The van der Waals surface area contributed by atoms with E-state index in [4.69, 9.17) is 15.2 Å². The number of aliphatic imine (C=N–C) groups is 1. The zero-order valence-corrected chi connectivity index (χ0v) is 15.5. The van der Waals surface area contributed by atoms with Crippen LogP contribution in [0, 0.1) is 0 Å². The number of ether oxygens (including phenoxy) is 2. The van der Waals surface area contributed by atoms with E-state index >= 15 is 0 Å². The molecule has 2 aliphatic heterocycles. The standard InChI is InChI=1S/C21H26N4O2/c22-21-23-18(16-27-21)14-24-10-12-25(13-11-24)19-6-8-20(9-7-19)26-15-17-4-2-1-3-5-17/h1-9,18H,10-16H2,(H2,22,23). The van der Waals surface area contributed by atoms with E-state index in [2.05, 4.69) is 51.2 Å². The third kappa shape index (κ3) is 4.71. The summed E-state index contributed by atoms with van der Waals surface area (Å²) in [6.07, 6.45) is 0. The van der Waals surface area contributed by atoms with Crippen molar-refractivity contribution in [2.75, 3.05) is 44.2 Å². The Balaban J connectivity index is 1.25. The van der Waals surface area contributed by atoms with Gasteiger partial charge in [0.25, 0.3) is 6.02 Å². The molecule has 1 fully saturated rings. The van der Waals surface area contributed by atoms with Crippen molar-refractivity contribution < 1.29 is 9.47 Å². The van der Waals surface area contributed by atoms with E-state index in [1.165, 1.54) is 11.3 Å². The zero-order valence-electron chi connectivity index (χ0n) is 15.5. The Morgan fingerprint density at radius 3 is 2.41 bits per heavy atom. The molecule has 0 aliphatic carbocycles. The first kappa shape index (κ1) is 17.7. The molecule has 1 atom stereocenters. The molecule has 4 rings (SSSR count). The van der Waals surface area contributed by atoms with Crippen molar-refractivity contribution >= 4 is 11.7 Å². The third-order valence-electron chi connectivity index (χ3n) is 5.02. The van der Waals surface area contributed by atoms with Gasteiger partial charge in [-0.2, -0.15) is 0 Å². The second kappa shape index (κ2) is 8.31. The second-order valence-corrected chi connectivity index (χ2v) is 6.99. The van der Waals surface area contributed by atoms with Crippen LogP contribution in [-0.2, 0) is 11.3 Å². The van der Waals surface area contributed by atoms with Crippen molar-refractivity contribution in [1.29, 1.82) is 0 Å². The molecule has 2 N–H and O–H groups in total. The van der Waals surface area contributed by atoms with Crippen molar-refractivity contribution in [2.45, 2.75) is 12.6 Å². The van der Waals surface area contributed by atoms with Gasteiger partial charge in [-0.1, -0.05) is 30.3 Å². The first-order valence-corrected chi connectivity index (χ1v) is 9.46. The Hall–Kier alpha value is -2.73. The Morgan fingerprint density at radius 1 is 1.00 bits per heavy atom. The molecular formula is C21H26N4O2. The van der Waals surface area contributed by atoms with Crippen LogP contribution in [0.3, 0.4) is 0 Å². The highest BCUT2D eigenvalue weighted by atomic mass is 16.5. The van der Waals surface area contributed by atoms with Crippen LogP contribution in [0.4, 0.5) is 5.69 Å². The number of hydrogen-bond acceptors (Lipinski definition) is 6. The van der Waals surface area contributed by atoms with Crippen molar-refractivity contribution in [3.8, 4) is 5.75 Å². The lowest BCUT2D eigenvalue weighted by atomic mass is 10.2. The number of nitrogens with two attached hydrogens (primary N) is 1. The average Bonchev–Trinajstić information content (AvgIpc) is 3.13. The summed E-state index contributed by atoms with van der Waals surface area (Å²) in [5, 5.41) is 0. The summed E-state index contributed by atoms with van der Waals surface area (Å²) < 4.78 is 11.1. The maximum atomic E-state index is 5.87. The van der Waals surface area contributed by atoms with Crippen LogP contribution in [0.25, 0.3) is 0 Å². The lowest BCUT2D eigenvalue weighted by molar-refractivity contribution is 0.219. The normalized spacial score (nSPS) is 20.2. The predicted octanol–water partition coefficient (Wildman–Crippen LogP) is 2.10. The minimum Gasteiger partial charge on any atom is -0.489 e. The molecule has 2 aliphatic rings. The summed E-state index contributed by atoms with van der Waals surface area (Å²) in [6.45, 7) is 6.19. The predicted molar refractivity (Wildman–Crippen MR) is 107 cm³/mol. The summed E-state index contributed by atoms with van der Waals surface area (Å²) in [5.41, 5.74) is 8.01. The van der Waals surface area contributed by atoms with Gasteiger partial charge in [-0.05, 0) is 29.8 Å². The number of anilines is 1. The quantitative estimate of drug-likeness (QED) is 0.848. The molecule has 6 heteroatoms. The molecule has 6 nitrogen and oxygen atoms in total. The van der Waals surface area contributed by atoms with Gasteiger partial charge >= 0.3 is 0 Å². The molecule has 0 radical (unpaired) electrons. The minimum absolute atomic E-state index is 0.178. The number of amidine groups is 1. The molecule has 27 heavy (non-hydrogen) atoms. The highest BCUT2D eigenvalue weighted by molar-refractivity contribution is 5.73. The first-order valence-electron chi connectivity index (χ1n) is 9.46. The van der Waals surface area contributed by atoms with E-state index in [1.54, 1.807) is 0 Å². The van der Waals surface area contributed by atoms with E-state index in [-0.39, 0.29) is 6.04 Å². The summed E-state index contributed by atoms with van der Waals surface area (Å²) in [7, 11) is 0. The average molecular weight is 366 g/mol. The molecule has 1 saturated heterocycles. The fraction of sp³-hybridized carbons (Fsp3) is 0.381. The zero-order chi connectivity index (χ0) is 18.5. The molecule has 142 valence electrons. The van der Waals surface area contributed by atoms with Crippen LogP contribution in [0.15, 0.2) is 59.6 Å². The van der Waals surface area contributed by atoms with Gasteiger partial charge in [-0.3, -0.25) is 4.90 Å². The molecule has 0 saturated carbocycles. The molecule has 2 aromatic rings. The van der Waals surface area contributed by atoms with Gasteiger partial charge in [0, 0.05) is 38.4 Å². The minimum atomic E-state index is 0.178. The van der Waals surface area contributed by atoms with Crippen LogP contribution < -0.4 is 15.4 Å². The summed E-state index contributed by atoms with van der Waals surface area (Å²) in [6, 6.07) is 19.1. The molecule has 2 heterocycles. The summed E-state index contributed by atoms with van der Waals surface area (Å²) in [5.74, 6) is 0.901. The van der Waals surface area contributed by atoms with E-state index in [0.717, 1.165) is 38.5 Å². The molecule has 0 amide bonds. The highest BCUT2D eigenvalue weighted by Gasteiger charge is 2.23. The Labute approximate surface area is 160 Å². The van der Waals surface area contributed by atoms with Crippen molar-refractivity contribution in [2.24, 2.45) is 10.7 Å². The molecule has 0 bridgehead atoms. The Kier molecular flexibility index (Phi) is 5.44.